The molecule has 0 bridgehead atoms. The number of rotatable bonds is 5. The van der Waals surface area contributed by atoms with Gasteiger partial charge >= 0.3 is 5.97 Å². The number of hydrogen-bond donors (Lipinski definition) is 4. The quantitative estimate of drug-likeness (QED) is 0.662. The van der Waals surface area contributed by atoms with Gasteiger partial charge in [-0.2, -0.15) is 0 Å². The van der Waals surface area contributed by atoms with E-state index < -0.39 is 24.1 Å². The van der Waals surface area contributed by atoms with Crippen molar-refractivity contribution < 1.29 is 19.4 Å². The molecule has 2 aromatic rings. The molecule has 4 N–H and O–H groups in total. The first-order valence-electron chi connectivity index (χ1n) is 7.41. The Balaban J connectivity index is 1.93. The molecule has 1 aliphatic heterocycles. The lowest BCUT2D eigenvalue weighted by molar-refractivity contribution is 0.0697. The van der Waals surface area contributed by atoms with E-state index in [1.54, 1.807) is 18.0 Å². The first-order chi connectivity index (χ1) is 11.5. The van der Waals surface area contributed by atoms with E-state index in [1.165, 1.54) is 30.6 Å². The number of hydrazine groups is 1. The minimum Gasteiger partial charge on any atom is -0.478 e. The van der Waals surface area contributed by atoms with Gasteiger partial charge in [-0.25, -0.2) is 14.6 Å². The number of carbonyl (C=O) groups is 1. The molecule has 2 atom stereocenters. The van der Waals surface area contributed by atoms with Gasteiger partial charge in [-0.15, -0.1) is 0 Å². The molecule has 8 heteroatoms. The number of aromatic nitrogens is 1. The number of β-amino-alcohol motifs (C(OH)–C–C–N with tert-alkyl or cyclic N) is 1. The van der Waals surface area contributed by atoms with E-state index in [2.05, 4.69) is 15.7 Å². The van der Waals surface area contributed by atoms with Crippen LogP contribution < -0.4 is 15.8 Å². The van der Waals surface area contributed by atoms with Crippen LogP contribution in [0.5, 0.6) is 0 Å². The van der Waals surface area contributed by atoms with Crippen LogP contribution in [0.15, 0.2) is 36.7 Å². The molecule has 0 spiro atoms. The van der Waals surface area contributed by atoms with E-state index >= 15 is 0 Å². The number of aromatic carboxylic acids is 1. The standard InChI is InChI=1S/C16H17FN4O3/c1-9(22)8-21-14-3-2-10(17)6-12(14)15(20-21)19-13-7-18-5-4-11(13)16(23)24/h2-7,9,15,19-20,22H,8H2,1H3,(H,23,24). The van der Waals surface area contributed by atoms with Gasteiger partial charge in [-0.05, 0) is 31.2 Å². The maximum atomic E-state index is 13.6. The lowest BCUT2D eigenvalue weighted by atomic mass is 10.1. The van der Waals surface area contributed by atoms with Crippen LogP contribution in [-0.4, -0.2) is 33.8 Å². The van der Waals surface area contributed by atoms with E-state index in [-0.39, 0.29) is 5.56 Å². The lowest BCUT2D eigenvalue weighted by Gasteiger charge is -2.23. The van der Waals surface area contributed by atoms with Gasteiger partial charge in [-0.1, -0.05) is 0 Å². The third-order valence-electron chi connectivity index (χ3n) is 3.67. The predicted molar refractivity (Wildman–Crippen MR) is 86.1 cm³/mol. The highest BCUT2D eigenvalue weighted by Crippen LogP contribution is 2.34. The zero-order valence-electron chi connectivity index (χ0n) is 12.9. The average molecular weight is 332 g/mol. The Morgan fingerprint density at radius 2 is 2.29 bits per heavy atom. The Kier molecular flexibility index (Phi) is 4.32. The van der Waals surface area contributed by atoms with Crippen molar-refractivity contribution in [3.8, 4) is 0 Å². The third-order valence-corrected chi connectivity index (χ3v) is 3.67. The van der Waals surface area contributed by atoms with Crippen LogP contribution in [0.2, 0.25) is 0 Å². The number of carboxylic acid groups (broad SMARTS) is 1. The Labute approximate surface area is 137 Å². The van der Waals surface area contributed by atoms with Crippen LogP contribution in [0.25, 0.3) is 0 Å². The number of hydrogen-bond acceptors (Lipinski definition) is 6. The molecule has 0 saturated heterocycles. The normalized spacial score (nSPS) is 17.5. The molecule has 2 unspecified atom stereocenters. The largest absolute Gasteiger partial charge is 0.478 e. The first kappa shape index (κ1) is 16.2. The van der Waals surface area contributed by atoms with Crippen LogP contribution in [0.3, 0.4) is 0 Å². The Hall–Kier alpha value is -2.71. The monoisotopic (exact) mass is 332 g/mol. The number of pyridine rings is 1. The summed E-state index contributed by atoms with van der Waals surface area (Å²) in [7, 11) is 0. The number of nitrogens with zero attached hydrogens (tertiary/aromatic N) is 2. The molecule has 2 heterocycles. The number of aliphatic hydroxyl groups excluding tert-OH is 1. The van der Waals surface area contributed by atoms with E-state index in [4.69, 9.17) is 0 Å². The second-order valence-corrected chi connectivity index (χ2v) is 5.60. The summed E-state index contributed by atoms with van der Waals surface area (Å²) in [6.07, 6.45) is 1.66. The molecule has 126 valence electrons. The maximum absolute atomic E-state index is 13.6. The summed E-state index contributed by atoms with van der Waals surface area (Å²) in [5.74, 6) is -1.48. The van der Waals surface area contributed by atoms with Gasteiger partial charge in [-0.3, -0.25) is 4.98 Å². The molecular weight excluding hydrogens is 315 g/mol. The second kappa shape index (κ2) is 6.42. The Morgan fingerprint density at radius 1 is 1.50 bits per heavy atom. The fourth-order valence-corrected chi connectivity index (χ4v) is 2.67. The molecular formula is C16H17FN4O3. The van der Waals surface area contributed by atoms with E-state index in [0.717, 1.165) is 5.69 Å². The number of benzene rings is 1. The van der Waals surface area contributed by atoms with Crippen LogP contribution in [0.4, 0.5) is 15.8 Å². The SMILES string of the molecule is CC(O)CN1NC(Nc2cnccc2C(=O)O)c2cc(F)ccc21. The molecule has 1 aromatic carbocycles. The van der Waals surface area contributed by atoms with Gasteiger partial charge in [0.2, 0.25) is 0 Å². The summed E-state index contributed by atoms with van der Waals surface area (Å²) >= 11 is 0. The molecule has 24 heavy (non-hydrogen) atoms. The highest BCUT2D eigenvalue weighted by atomic mass is 19.1. The van der Waals surface area contributed by atoms with Gasteiger partial charge in [0, 0.05) is 11.8 Å². The highest BCUT2D eigenvalue weighted by Gasteiger charge is 2.30. The van der Waals surface area contributed by atoms with Crippen molar-refractivity contribution in [1.82, 2.24) is 10.4 Å². The summed E-state index contributed by atoms with van der Waals surface area (Å²) in [6.45, 7) is 1.95. The van der Waals surface area contributed by atoms with Gasteiger partial charge < -0.3 is 20.5 Å². The maximum Gasteiger partial charge on any atom is 0.337 e. The Bertz CT molecular complexity index is 769. The number of nitrogens with one attached hydrogen (secondary N) is 2. The second-order valence-electron chi connectivity index (χ2n) is 5.60. The van der Waals surface area contributed by atoms with E-state index in [0.29, 0.717) is 17.8 Å². The first-order valence-corrected chi connectivity index (χ1v) is 7.41. The highest BCUT2D eigenvalue weighted by molar-refractivity contribution is 5.94. The Morgan fingerprint density at radius 3 is 3.00 bits per heavy atom. The number of anilines is 2. The van der Waals surface area contributed by atoms with Crippen LogP contribution in [-0.2, 0) is 0 Å². The summed E-state index contributed by atoms with van der Waals surface area (Å²) in [5, 5.41) is 23.6. The van der Waals surface area contributed by atoms with Crippen molar-refractivity contribution in [2.24, 2.45) is 0 Å². The van der Waals surface area contributed by atoms with Crippen molar-refractivity contribution in [3.63, 3.8) is 0 Å². The van der Waals surface area contributed by atoms with Crippen LogP contribution in [0, 0.1) is 5.82 Å². The third kappa shape index (κ3) is 3.15. The fourth-order valence-electron chi connectivity index (χ4n) is 2.67. The molecule has 0 amide bonds. The van der Waals surface area contributed by atoms with Crippen LogP contribution >= 0.6 is 0 Å². The number of halogens is 1. The number of aliphatic hydroxyl groups is 1. The number of fused-ring (bicyclic) bond motifs is 1. The van der Waals surface area contributed by atoms with Gasteiger partial charge in [0.1, 0.15) is 12.0 Å². The van der Waals surface area contributed by atoms with Gasteiger partial charge in [0.05, 0.1) is 35.8 Å². The zero-order valence-corrected chi connectivity index (χ0v) is 12.9. The molecule has 0 fully saturated rings. The summed E-state index contributed by atoms with van der Waals surface area (Å²) in [6, 6.07) is 5.71. The van der Waals surface area contributed by atoms with Crippen molar-refractivity contribution in [1.29, 1.82) is 0 Å². The van der Waals surface area contributed by atoms with Gasteiger partial charge in [0.25, 0.3) is 0 Å². The molecule has 0 saturated carbocycles. The summed E-state index contributed by atoms with van der Waals surface area (Å²) in [5.41, 5.74) is 4.83. The fraction of sp³-hybridized carbons (Fsp3) is 0.250. The van der Waals surface area contributed by atoms with E-state index in [1.807, 2.05) is 0 Å². The van der Waals surface area contributed by atoms with Crippen molar-refractivity contribution in [2.75, 3.05) is 16.9 Å². The minimum absolute atomic E-state index is 0.0683. The van der Waals surface area contributed by atoms with Crippen molar-refractivity contribution in [3.05, 3.63) is 53.6 Å². The molecule has 3 rings (SSSR count). The molecule has 1 aromatic heterocycles. The van der Waals surface area contributed by atoms with Gasteiger partial charge in [0.15, 0.2) is 0 Å². The van der Waals surface area contributed by atoms with E-state index in [9.17, 15) is 19.4 Å². The topological polar surface area (TPSA) is 97.7 Å². The molecule has 1 aliphatic rings. The molecule has 0 radical (unpaired) electrons. The van der Waals surface area contributed by atoms with Crippen molar-refractivity contribution >= 4 is 17.3 Å². The van der Waals surface area contributed by atoms with Crippen molar-refractivity contribution in [2.45, 2.75) is 19.2 Å². The lowest BCUT2D eigenvalue weighted by Crippen LogP contribution is -2.41. The molecule has 7 nitrogen and oxygen atoms in total. The summed E-state index contributed by atoms with van der Waals surface area (Å²) in [4.78, 5) is 15.2. The molecule has 0 aliphatic carbocycles. The average Bonchev–Trinajstić information content (AvgIpc) is 2.84. The predicted octanol–water partition coefficient (Wildman–Crippen LogP) is 1.73. The minimum atomic E-state index is -1.09. The number of carboxylic acids is 1. The zero-order chi connectivity index (χ0) is 17.3. The summed E-state index contributed by atoms with van der Waals surface area (Å²) < 4.78 is 13.6. The van der Waals surface area contributed by atoms with Crippen LogP contribution in [0.1, 0.15) is 29.0 Å². The smallest absolute Gasteiger partial charge is 0.337 e.